The zero-order chi connectivity index (χ0) is 18.2. The Balaban J connectivity index is 1.59. The lowest BCUT2D eigenvalue weighted by Crippen LogP contribution is -2.20. The van der Waals surface area contributed by atoms with Crippen molar-refractivity contribution in [2.75, 3.05) is 5.32 Å². The molecule has 2 aromatic rings. The summed E-state index contributed by atoms with van der Waals surface area (Å²) in [6.07, 6.45) is -3.41. The molecule has 1 aromatic carbocycles. The maximum atomic E-state index is 13.1. The van der Waals surface area contributed by atoms with Crippen LogP contribution in [0.1, 0.15) is 6.42 Å². The number of anilines is 1. The molecule has 1 N–H and O–H groups in total. The Morgan fingerprint density at radius 2 is 1.84 bits per heavy atom. The van der Waals surface area contributed by atoms with Crippen molar-refractivity contribution < 1.29 is 31.5 Å². The van der Waals surface area contributed by atoms with E-state index in [1.165, 1.54) is 24.4 Å². The van der Waals surface area contributed by atoms with E-state index in [4.69, 9.17) is 4.74 Å². The largest absolute Gasteiger partial charge is 0.456 e. The first-order chi connectivity index (χ1) is 11.7. The van der Waals surface area contributed by atoms with Gasteiger partial charge in [-0.25, -0.2) is 13.8 Å². The summed E-state index contributed by atoms with van der Waals surface area (Å²) in [6.45, 7) is 0. The van der Waals surface area contributed by atoms with Crippen LogP contribution in [0, 0.1) is 23.5 Å². The minimum Gasteiger partial charge on any atom is -0.456 e. The molecule has 1 fully saturated rings. The molecule has 9 heteroatoms. The Hall–Kier alpha value is -2.71. The van der Waals surface area contributed by atoms with Crippen LogP contribution in [0.3, 0.4) is 0 Å². The van der Waals surface area contributed by atoms with Crippen LogP contribution in [-0.2, 0) is 4.79 Å². The number of halogens is 5. The lowest BCUT2D eigenvalue weighted by Gasteiger charge is -2.08. The van der Waals surface area contributed by atoms with Gasteiger partial charge in [0.05, 0.1) is 18.0 Å². The smallest absolute Gasteiger partial charge is 0.392 e. The number of pyridine rings is 1. The van der Waals surface area contributed by atoms with Crippen LogP contribution in [0.5, 0.6) is 11.5 Å². The highest BCUT2D eigenvalue weighted by Gasteiger charge is 2.58. The molecule has 1 aromatic heterocycles. The number of alkyl halides is 3. The van der Waals surface area contributed by atoms with Crippen molar-refractivity contribution in [2.45, 2.75) is 12.6 Å². The van der Waals surface area contributed by atoms with Gasteiger partial charge in [-0.3, -0.25) is 4.79 Å². The van der Waals surface area contributed by atoms with E-state index in [0.717, 1.165) is 12.1 Å². The van der Waals surface area contributed by atoms with Crippen LogP contribution in [0.2, 0.25) is 0 Å². The zero-order valence-electron chi connectivity index (χ0n) is 12.5. The molecule has 0 bridgehead atoms. The monoisotopic (exact) mass is 358 g/mol. The standard InChI is InChI=1S/C16H11F5N2O2/c17-12-3-1-8(5-13(12)18)25-9-2-4-14(22-7-9)23-15(24)10-6-11(10)16(19,20)21/h1-5,7,10-11H,6H2,(H,22,23,24)/t10-,11+/m0/s1. The van der Waals surface area contributed by atoms with Gasteiger partial charge in [-0.05, 0) is 30.7 Å². The molecule has 0 aliphatic heterocycles. The molecule has 0 saturated heterocycles. The molecule has 1 heterocycles. The van der Waals surface area contributed by atoms with Gasteiger partial charge in [0.25, 0.3) is 0 Å². The number of amides is 1. The van der Waals surface area contributed by atoms with E-state index in [1.54, 1.807) is 0 Å². The highest BCUT2D eigenvalue weighted by Crippen LogP contribution is 2.50. The summed E-state index contributed by atoms with van der Waals surface area (Å²) in [5.41, 5.74) is 0. The lowest BCUT2D eigenvalue weighted by molar-refractivity contribution is -0.153. The van der Waals surface area contributed by atoms with Gasteiger partial charge in [-0.2, -0.15) is 13.2 Å². The number of benzene rings is 1. The molecule has 0 radical (unpaired) electrons. The van der Waals surface area contributed by atoms with Crippen molar-refractivity contribution >= 4 is 11.7 Å². The van der Waals surface area contributed by atoms with Crippen molar-refractivity contribution in [1.29, 1.82) is 0 Å². The molecule has 2 atom stereocenters. The molecular weight excluding hydrogens is 347 g/mol. The van der Waals surface area contributed by atoms with Gasteiger partial charge in [0.2, 0.25) is 5.91 Å². The van der Waals surface area contributed by atoms with Crippen molar-refractivity contribution in [3.05, 3.63) is 48.2 Å². The molecule has 1 aliphatic carbocycles. The first-order valence-corrected chi connectivity index (χ1v) is 7.20. The third-order valence-electron chi connectivity index (χ3n) is 3.66. The Bertz CT molecular complexity index is 792. The van der Waals surface area contributed by atoms with E-state index >= 15 is 0 Å². The van der Waals surface area contributed by atoms with Gasteiger partial charge in [-0.15, -0.1) is 0 Å². The maximum absolute atomic E-state index is 13.1. The van der Waals surface area contributed by atoms with E-state index < -0.39 is 35.6 Å². The Morgan fingerprint density at radius 3 is 2.40 bits per heavy atom. The number of nitrogens with one attached hydrogen (secondary N) is 1. The third kappa shape index (κ3) is 4.04. The van der Waals surface area contributed by atoms with E-state index in [2.05, 4.69) is 10.3 Å². The quantitative estimate of drug-likeness (QED) is 0.830. The van der Waals surface area contributed by atoms with Gasteiger partial charge < -0.3 is 10.1 Å². The Labute approximate surface area is 138 Å². The van der Waals surface area contributed by atoms with Crippen molar-refractivity contribution in [1.82, 2.24) is 4.98 Å². The Morgan fingerprint density at radius 1 is 1.12 bits per heavy atom. The summed E-state index contributed by atoms with van der Waals surface area (Å²) in [5.74, 6) is -5.24. The molecule has 132 valence electrons. The average molecular weight is 358 g/mol. The van der Waals surface area contributed by atoms with Gasteiger partial charge in [-0.1, -0.05) is 0 Å². The first kappa shape index (κ1) is 17.1. The summed E-state index contributed by atoms with van der Waals surface area (Å²) < 4.78 is 68.5. The van der Waals surface area contributed by atoms with Crippen molar-refractivity contribution in [3.63, 3.8) is 0 Å². The van der Waals surface area contributed by atoms with Crippen LogP contribution in [0.4, 0.5) is 27.8 Å². The van der Waals surface area contributed by atoms with E-state index in [1.807, 2.05) is 0 Å². The number of hydrogen-bond donors (Lipinski definition) is 1. The van der Waals surface area contributed by atoms with Crippen molar-refractivity contribution in [3.8, 4) is 11.5 Å². The van der Waals surface area contributed by atoms with Crippen LogP contribution in [0.25, 0.3) is 0 Å². The second-order valence-electron chi connectivity index (χ2n) is 5.54. The number of nitrogens with zero attached hydrogens (tertiary/aromatic N) is 1. The molecule has 25 heavy (non-hydrogen) atoms. The number of carbonyl (C=O) groups is 1. The minimum atomic E-state index is -4.38. The third-order valence-corrected chi connectivity index (χ3v) is 3.66. The summed E-state index contributed by atoms with van der Waals surface area (Å²) in [4.78, 5) is 15.6. The summed E-state index contributed by atoms with van der Waals surface area (Å²) >= 11 is 0. The number of hydrogen-bond acceptors (Lipinski definition) is 3. The van der Waals surface area contributed by atoms with Crippen LogP contribution < -0.4 is 10.1 Å². The topological polar surface area (TPSA) is 51.2 Å². The molecular formula is C16H11F5N2O2. The molecule has 0 unspecified atom stereocenters. The second kappa shape index (κ2) is 6.30. The molecule has 1 saturated carbocycles. The highest BCUT2D eigenvalue weighted by atomic mass is 19.4. The first-order valence-electron chi connectivity index (χ1n) is 7.20. The number of aromatic nitrogens is 1. The van der Waals surface area contributed by atoms with Crippen LogP contribution >= 0.6 is 0 Å². The molecule has 0 spiro atoms. The van der Waals surface area contributed by atoms with Crippen LogP contribution in [0.15, 0.2) is 36.5 Å². The normalized spacial score (nSPS) is 19.4. The summed E-state index contributed by atoms with van der Waals surface area (Å²) in [7, 11) is 0. The molecule has 4 nitrogen and oxygen atoms in total. The number of rotatable bonds is 4. The van der Waals surface area contributed by atoms with Crippen LogP contribution in [-0.4, -0.2) is 17.1 Å². The molecule has 1 amide bonds. The van der Waals surface area contributed by atoms with Crippen molar-refractivity contribution in [2.24, 2.45) is 11.8 Å². The van der Waals surface area contributed by atoms with Gasteiger partial charge in [0.1, 0.15) is 17.3 Å². The average Bonchev–Trinajstić information content (AvgIpc) is 3.34. The molecule has 1 aliphatic rings. The lowest BCUT2D eigenvalue weighted by atomic mass is 10.3. The highest BCUT2D eigenvalue weighted by molar-refractivity contribution is 5.93. The van der Waals surface area contributed by atoms with E-state index in [0.29, 0.717) is 0 Å². The second-order valence-corrected chi connectivity index (χ2v) is 5.54. The minimum absolute atomic E-state index is 0.0449. The fourth-order valence-electron chi connectivity index (χ4n) is 2.26. The van der Waals surface area contributed by atoms with E-state index in [-0.39, 0.29) is 23.7 Å². The molecule has 3 rings (SSSR count). The van der Waals surface area contributed by atoms with Gasteiger partial charge in [0, 0.05) is 6.07 Å². The SMILES string of the molecule is O=C(Nc1ccc(Oc2ccc(F)c(F)c2)cn1)[C@H]1C[C@H]1C(F)(F)F. The summed E-state index contributed by atoms with van der Waals surface area (Å²) in [6, 6.07) is 5.70. The zero-order valence-corrected chi connectivity index (χ0v) is 12.5. The predicted octanol–water partition coefficient (Wildman–Crippen LogP) is 4.29. The number of carbonyl (C=O) groups excluding carboxylic acids is 1. The Kier molecular flexibility index (Phi) is 4.32. The predicted molar refractivity (Wildman–Crippen MR) is 77.0 cm³/mol. The van der Waals surface area contributed by atoms with Gasteiger partial charge >= 0.3 is 6.18 Å². The fourth-order valence-corrected chi connectivity index (χ4v) is 2.26. The van der Waals surface area contributed by atoms with E-state index in [9.17, 15) is 26.7 Å². The number of ether oxygens (including phenoxy) is 1. The fraction of sp³-hybridized carbons (Fsp3) is 0.250. The van der Waals surface area contributed by atoms with Gasteiger partial charge in [0.15, 0.2) is 11.6 Å². The summed E-state index contributed by atoms with van der Waals surface area (Å²) in [5, 5.41) is 2.30. The maximum Gasteiger partial charge on any atom is 0.392 e.